The van der Waals surface area contributed by atoms with Gasteiger partial charge in [-0.05, 0) is 44.1 Å². The fourth-order valence-electron chi connectivity index (χ4n) is 3.21. The van der Waals surface area contributed by atoms with Crippen LogP contribution in [0.4, 0.5) is 0 Å². The molecule has 0 saturated heterocycles. The zero-order chi connectivity index (χ0) is 13.8. The molecule has 1 N–H and O–H groups in total. The number of aryl methyl sites for hydroxylation is 1. The second-order valence-corrected chi connectivity index (χ2v) is 6.62. The highest BCUT2D eigenvalue weighted by Crippen LogP contribution is 2.31. The largest absolute Gasteiger partial charge is 0.310 e. The molecule has 0 bridgehead atoms. The van der Waals surface area contributed by atoms with E-state index in [-0.39, 0.29) is 0 Å². The van der Waals surface area contributed by atoms with Gasteiger partial charge in [-0.15, -0.1) is 0 Å². The summed E-state index contributed by atoms with van der Waals surface area (Å²) in [6.45, 7) is 3.26. The third-order valence-corrected chi connectivity index (χ3v) is 4.73. The van der Waals surface area contributed by atoms with Crippen molar-refractivity contribution in [3.05, 3.63) is 41.0 Å². The van der Waals surface area contributed by atoms with Crippen LogP contribution in [-0.2, 0) is 0 Å². The van der Waals surface area contributed by atoms with Crippen LogP contribution in [0.1, 0.15) is 56.1 Å². The van der Waals surface area contributed by atoms with Crippen molar-refractivity contribution in [1.82, 2.24) is 5.32 Å². The molecular formula is C19H27N. The number of benzene rings is 1. The van der Waals surface area contributed by atoms with E-state index in [0.29, 0.717) is 0 Å². The Morgan fingerprint density at radius 1 is 1.05 bits per heavy atom. The Bertz CT molecular complexity index is 447. The van der Waals surface area contributed by atoms with Gasteiger partial charge < -0.3 is 5.32 Å². The van der Waals surface area contributed by atoms with E-state index in [1.165, 1.54) is 56.1 Å². The molecule has 1 aromatic carbocycles. The Hall–Kier alpha value is -1.08. The van der Waals surface area contributed by atoms with Gasteiger partial charge in [0, 0.05) is 12.6 Å². The third kappa shape index (κ3) is 3.96. The minimum absolute atomic E-state index is 0.806. The molecule has 2 aliphatic rings. The quantitative estimate of drug-likeness (QED) is 0.816. The summed E-state index contributed by atoms with van der Waals surface area (Å²) < 4.78 is 0. The van der Waals surface area contributed by atoms with Gasteiger partial charge in [-0.1, -0.05) is 60.7 Å². The molecule has 2 fully saturated rings. The van der Waals surface area contributed by atoms with E-state index in [0.717, 1.165) is 18.5 Å². The maximum Gasteiger partial charge on any atom is 0.0173 e. The van der Waals surface area contributed by atoms with E-state index in [9.17, 15) is 0 Å². The van der Waals surface area contributed by atoms with E-state index in [1.54, 1.807) is 5.57 Å². The van der Waals surface area contributed by atoms with Crippen molar-refractivity contribution in [2.24, 2.45) is 5.92 Å². The summed E-state index contributed by atoms with van der Waals surface area (Å²) in [6.07, 6.45) is 12.3. The van der Waals surface area contributed by atoms with Crippen molar-refractivity contribution in [2.75, 3.05) is 6.54 Å². The Labute approximate surface area is 123 Å². The lowest BCUT2D eigenvalue weighted by Gasteiger charge is -2.25. The normalized spacial score (nSPS) is 21.1. The van der Waals surface area contributed by atoms with Gasteiger partial charge >= 0.3 is 0 Å². The molecule has 0 aromatic heterocycles. The molecule has 2 saturated carbocycles. The first-order valence-corrected chi connectivity index (χ1v) is 8.32. The van der Waals surface area contributed by atoms with E-state index >= 15 is 0 Å². The average molecular weight is 269 g/mol. The van der Waals surface area contributed by atoms with Gasteiger partial charge in [-0.3, -0.25) is 0 Å². The summed E-state index contributed by atoms with van der Waals surface area (Å²) in [5.41, 5.74) is 4.35. The zero-order valence-corrected chi connectivity index (χ0v) is 12.7. The molecule has 20 heavy (non-hydrogen) atoms. The number of hydrogen-bond acceptors (Lipinski definition) is 1. The second kappa shape index (κ2) is 6.58. The maximum atomic E-state index is 3.72. The van der Waals surface area contributed by atoms with Gasteiger partial charge in [0.25, 0.3) is 0 Å². The highest BCUT2D eigenvalue weighted by atomic mass is 14.9. The van der Waals surface area contributed by atoms with Crippen molar-refractivity contribution in [3.8, 4) is 0 Å². The van der Waals surface area contributed by atoms with Crippen molar-refractivity contribution in [2.45, 2.75) is 57.9 Å². The molecule has 1 heteroatoms. The summed E-state index contributed by atoms with van der Waals surface area (Å²) in [5.74, 6) is 0.816. The Morgan fingerprint density at radius 3 is 2.40 bits per heavy atom. The average Bonchev–Trinajstić information content (AvgIpc) is 3.31. The lowest BCUT2D eigenvalue weighted by atomic mass is 9.83. The first kappa shape index (κ1) is 13.9. The predicted octanol–water partition coefficient (Wildman–Crippen LogP) is 4.71. The summed E-state index contributed by atoms with van der Waals surface area (Å²) in [6, 6.07) is 9.77. The minimum Gasteiger partial charge on any atom is -0.310 e. The first-order chi connectivity index (χ1) is 9.81. The molecule has 1 nitrogen and oxygen atoms in total. The topological polar surface area (TPSA) is 12.0 Å². The molecule has 0 heterocycles. The van der Waals surface area contributed by atoms with Crippen molar-refractivity contribution >= 4 is 6.08 Å². The fourth-order valence-corrected chi connectivity index (χ4v) is 3.21. The zero-order valence-electron chi connectivity index (χ0n) is 12.7. The summed E-state index contributed by atoms with van der Waals surface area (Å²) in [5, 5.41) is 3.72. The first-order valence-electron chi connectivity index (χ1n) is 8.32. The second-order valence-electron chi connectivity index (χ2n) is 6.62. The lowest BCUT2D eigenvalue weighted by molar-refractivity contribution is 0.396. The van der Waals surface area contributed by atoms with Crippen molar-refractivity contribution in [1.29, 1.82) is 0 Å². The highest BCUT2D eigenvalue weighted by molar-refractivity contribution is 5.54. The lowest BCUT2D eigenvalue weighted by Crippen LogP contribution is -2.24. The van der Waals surface area contributed by atoms with Gasteiger partial charge in [0.1, 0.15) is 0 Å². The summed E-state index contributed by atoms with van der Waals surface area (Å²) in [4.78, 5) is 0. The standard InChI is InChI=1S/C19H27N/c1-15-7-9-16(10-8-15)13-18(14-20-19-11-12-19)17-5-3-2-4-6-17/h7-10,13,17,19-20H,2-6,11-12,14H2,1H3/b18-13-. The molecule has 0 amide bonds. The maximum absolute atomic E-state index is 3.72. The molecule has 0 radical (unpaired) electrons. The molecule has 1 aromatic rings. The van der Waals surface area contributed by atoms with Crippen molar-refractivity contribution < 1.29 is 0 Å². The van der Waals surface area contributed by atoms with Crippen LogP contribution >= 0.6 is 0 Å². The molecule has 108 valence electrons. The monoisotopic (exact) mass is 269 g/mol. The third-order valence-electron chi connectivity index (χ3n) is 4.73. The van der Waals surface area contributed by atoms with Crippen LogP contribution in [0.3, 0.4) is 0 Å². The molecule has 2 aliphatic carbocycles. The van der Waals surface area contributed by atoms with Crippen LogP contribution < -0.4 is 5.32 Å². The molecule has 0 unspecified atom stereocenters. The Balaban J connectivity index is 1.73. The van der Waals surface area contributed by atoms with Gasteiger partial charge in [-0.2, -0.15) is 0 Å². The van der Waals surface area contributed by atoms with Crippen LogP contribution in [0, 0.1) is 12.8 Å². The summed E-state index contributed by atoms with van der Waals surface area (Å²) >= 11 is 0. The van der Waals surface area contributed by atoms with Crippen molar-refractivity contribution in [3.63, 3.8) is 0 Å². The van der Waals surface area contributed by atoms with E-state index < -0.39 is 0 Å². The fraction of sp³-hybridized carbons (Fsp3) is 0.579. The smallest absolute Gasteiger partial charge is 0.0173 e. The van der Waals surface area contributed by atoms with Gasteiger partial charge in [0.2, 0.25) is 0 Å². The number of hydrogen-bond donors (Lipinski definition) is 1. The number of nitrogens with one attached hydrogen (secondary N) is 1. The highest BCUT2D eigenvalue weighted by Gasteiger charge is 2.23. The summed E-state index contributed by atoms with van der Waals surface area (Å²) in [7, 11) is 0. The number of rotatable bonds is 5. The Morgan fingerprint density at radius 2 is 1.75 bits per heavy atom. The van der Waals surface area contributed by atoms with Crippen LogP contribution in [0.15, 0.2) is 29.8 Å². The molecule has 0 spiro atoms. The van der Waals surface area contributed by atoms with Crippen LogP contribution in [0.25, 0.3) is 6.08 Å². The molecule has 0 atom stereocenters. The Kier molecular flexibility index (Phi) is 4.57. The van der Waals surface area contributed by atoms with E-state index in [1.807, 2.05) is 0 Å². The van der Waals surface area contributed by atoms with E-state index in [4.69, 9.17) is 0 Å². The van der Waals surface area contributed by atoms with Gasteiger partial charge in [0.05, 0.1) is 0 Å². The van der Waals surface area contributed by atoms with Gasteiger partial charge in [0.15, 0.2) is 0 Å². The van der Waals surface area contributed by atoms with Crippen LogP contribution in [0.2, 0.25) is 0 Å². The molecule has 0 aliphatic heterocycles. The molecular weight excluding hydrogens is 242 g/mol. The SMILES string of the molecule is Cc1ccc(/C=C(/CNC2CC2)C2CCCCC2)cc1. The van der Waals surface area contributed by atoms with Gasteiger partial charge in [-0.25, -0.2) is 0 Å². The minimum atomic E-state index is 0.806. The molecule has 3 rings (SSSR count). The predicted molar refractivity (Wildman–Crippen MR) is 86.8 cm³/mol. The van der Waals surface area contributed by atoms with Crippen LogP contribution in [0.5, 0.6) is 0 Å². The van der Waals surface area contributed by atoms with Crippen LogP contribution in [-0.4, -0.2) is 12.6 Å². The van der Waals surface area contributed by atoms with E-state index in [2.05, 4.69) is 42.6 Å².